The van der Waals surface area contributed by atoms with Crippen molar-refractivity contribution in [1.82, 2.24) is 0 Å². The van der Waals surface area contributed by atoms with E-state index in [1.54, 1.807) is 0 Å². The minimum atomic E-state index is -3.96. The van der Waals surface area contributed by atoms with Gasteiger partial charge in [-0.2, -0.15) is 0 Å². The number of alkyl halides is 3. The van der Waals surface area contributed by atoms with E-state index in [1.165, 1.54) is 6.92 Å². The molecular formula is C4H6BrF3Zn. The van der Waals surface area contributed by atoms with E-state index in [9.17, 15) is 13.2 Å². The molecule has 1 unspecified atom stereocenters. The zero-order valence-corrected chi connectivity index (χ0v) is 9.56. The van der Waals surface area contributed by atoms with Crippen molar-refractivity contribution in [1.29, 1.82) is 0 Å². The largest absolute Gasteiger partial charge is 1.00 e. The van der Waals surface area contributed by atoms with Gasteiger partial charge >= 0.3 is 55.5 Å². The number of rotatable bonds is 1. The maximum absolute atomic E-state index is 11.5. The van der Waals surface area contributed by atoms with Crippen molar-refractivity contribution in [2.75, 3.05) is 0 Å². The van der Waals surface area contributed by atoms with Crippen LogP contribution in [-0.2, 0) is 18.3 Å². The quantitative estimate of drug-likeness (QED) is 0.537. The molecule has 0 rings (SSSR count). The predicted octanol–water partition coefficient (Wildman–Crippen LogP) is -0.846. The fourth-order valence-electron chi connectivity index (χ4n) is 0.164. The van der Waals surface area contributed by atoms with Crippen molar-refractivity contribution in [3.63, 3.8) is 0 Å². The molecule has 0 aliphatic heterocycles. The third-order valence-electron chi connectivity index (χ3n) is 0.992. The molecule has 5 heteroatoms. The Balaban J connectivity index is 0. The second-order valence-corrected chi connectivity index (χ2v) is 2.94. The number of hydrogen-bond acceptors (Lipinski definition) is 0. The van der Waals surface area contributed by atoms with Crippen molar-refractivity contribution in [3.05, 3.63) is 0 Å². The molecular weight excluding hydrogens is 250 g/mol. The molecule has 0 nitrogen and oxygen atoms in total. The van der Waals surface area contributed by atoms with Crippen molar-refractivity contribution < 1.29 is 48.5 Å². The zero-order chi connectivity index (χ0) is 6.78. The molecule has 0 saturated carbocycles. The van der Waals surface area contributed by atoms with Crippen LogP contribution in [0.1, 0.15) is 6.92 Å². The zero-order valence-electron chi connectivity index (χ0n) is 5.00. The van der Waals surface area contributed by atoms with Crippen LogP contribution in [0.5, 0.6) is 0 Å². The Morgan fingerprint density at radius 1 is 1.44 bits per heavy atom. The fraction of sp³-hybridized carbons (Fsp3) is 1.00. The second kappa shape index (κ2) is 4.67. The molecule has 0 spiro atoms. The van der Waals surface area contributed by atoms with E-state index in [-0.39, 0.29) is 17.0 Å². The molecule has 0 aliphatic rings. The standard InChI is InChI=1S/C4H6F3.BrH.Zn/c1-3(2)4(5,6)7;;/h3H,1H2,2H3;1H;/q;;+1/p-1. The summed E-state index contributed by atoms with van der Waals surface area (Å²) in [6, 6.07) is 0. The van der Waals surface area contributed by atoms with Gasteiger partial charge in [-0.1, -0.05) is 0 Å². The minimum absolute atomic E-state index is 0. The summed E-state index contributed by atoms with van der Waals surface area (Å²) in [7, 11) is 0. The summed E-state index contributed by atoms with van der Waals surface area (Å²) in [6.45, 7) is 1.21. The molecule has 52 valence electrons. The van der Waals surface area contributed by atoms with Gasteiger partial charge in [0.05, 0.1) is 0 Å². The van der Waals surface area contributed by atoms with Gasteiger partial charge in [-0.3, -0.25) is 0 Å². The first-order chi connectivity index (χ1) is 3.48. The third-order valence-corrected chi connectivity index (χ3v) is 2.81. The van der Waals surface area contributed by atoms with Gasteiger partial charge < -0.3 is 17.0 Å². The fourth-order valence-corrected chi connectivity index (χ4v) is 0.850. The van der Waals surface area contributed by atoms with Gasteiger partial charge in [-0.15, -0.1) is 0 Å². The molecule has 0 N–H and O–H groups in total. The molecule has 0 aromatic rings. The summed E-state index contributed by atoms with van der Waals surface area (Å²) in [4.78, 5) is 0. The first-order valence-electron chi connectivity index (χ1n) is 2.34. The van der Waals surface area contributed by atoms with Gasteiger partial charge in [-0.25, -0.2) is 0 Å². The molecule has 0 bridgehead atoms. The van der Waals surface area contributed by atoms with Gasteiger partial charge in [0.15, 0.2) is 0 Å². The maximum Gasteiger partial charge on any atom is -1.00 e. The van der Waals surface area contributed by atoms with Gasteiger partial charge in [-0.05, 0) is 0 Å². The van der Waals surface area contributed by atoms with E-state index in [4.69, 9.17) is 0 Å². The molecule has 0 heterocycles. The first kappa shape index (κ1) is 12.6. The van der Waals surface area contributed by atoms with Crippen LogP contribution in [0.4, 0.5) is 13.2 Å². The topological polar surface area (TPSA) is 0 Å². The van der Waals surface area contributed by atoms with Crippen LogP contribution in [-0.4, -0.2) is 6.18 Å². The summed E-state index contributed by atoms with van der Waals surface area (Å²) < 4.78 is 34.4. The molecule has 0 aromatic heterocycles. The second-order valence-electron chi connectivity index (χ2n) is 1.73. The third kappa shape index (κ3) is 5.34. The molecule has 0 radical (unpaired) electrons. The summed E-state index contributed by atoms with van der Waals surface area (Å²) in [6.07, 6.45) is -3.96. The molecule has 9 heavy (non-hydrogen) atoms. The molecule has 1 atom stereocenters. The van der Waals surface area contributed by atoms with Crippen molar-refractivity contribution >= 4 is 0 Å². The van der Waals surface area contributed by atoms with E-state index in [0.29, 0.717) is 5.02 Å². The molecule has 0 aliphatic carbocycles. The van der Waals surface area contributed by atoms with Crippen LogP contribution in [0, 0.1) is 5.92 Å². The van der Waals surface area contributed by atoms with Crippen molar-refractivity contribution in [2.24, 2.45) is 5.92 Å². The van der Waals surface area contributed by atoms with Gasteiger partial charge in [0.25, 0.3) is 0 Å². The summed E-state index contributed by atoms with van der Waals surface area (Å²) in [5, 5.41) is 0.295. The predicted molar refractivity (Wildman–Crippen MR) is 20.0 cm³/mol. The Bertz CT molecular complexity index is 72.7. The van der Waals surface area contributed by atoms with E-state index < -0.39 is 12.1 Å². The van der Waals surface area contributed by atoms with Gasteiger partial charge in [0.1, 0.15) is 0 Å². The van der Waals surface area contributed by atoms with Crippen LogP contribution < -0.4 is 17.0 Å². The average Bonchev–Trinajstić information content (AvgIpc) is 1.62. The number of hydrogen-bond donors (Lipinski definition) is 0. The molecule has 0 saturated heterocycles. The van der Waals surface area contributed by atoms with E-state index in [2.05, 4.69) is 0 Å². The Morgan fingerprint density at radius 2 is 1.78 bits per heavy atom. The number of halogens is 4. The summed E-state index contributed by atoms with van der Waals surface area (Å²) >= 11 is 0.723. The maximum atomic E-state index is 11.5. The Morgan fingerprint density at radius 3 is 1.78 bits per heavy atom. The molecule has 0 fully saturated rings. The average molecular weight is 256 g/mol. The Kier molecular flexibility index (Phi) is 6.52. The van der Waals surface area contributed by atoms with Crippen molar-refractivity contribution in [3.8, 4) is 0 Å². The smallest absolute Gasteiger partial charge is 1.00 e. The van der Waals surface area contributed by atoms with Crippen LogP contribution in [0.2, 0.25) is 5.02 Å². The van der Waals surface area contributed by atoms with E-state index >= 15 is 0 Å². The summed E-state index contributed by atoms with van der Waals surface area (Å²) in [5.41, 5.74) is 0. The minimum Gasteiger partial charge on any atom is -1.00 e. The van der Waals surface area contributed by atoms with Crippen LogP contribution in [0.3, 0.4) is 0 Å². The summed E-state index contributed by atoms with van der Waals surface area (Å²) in [5.74, 6) is -1.09. The first-order valence-corrected chi connectivity index (χ1v) is 4.44. The van der Waals surface area contributed by atoms with E-state index in [1.807, 2.05) is 0 Å². The molecule has 0 amide bonds. The Hall–Kier alpha value is 0.893. The van der Waals surface area contributed by atoms with Crippen LogP contribution in [0.25, 0.3) is 0 Å². The van der Waals surface area contributed by atoms with Gasteiger partial charge in [0.2, 0.25) is 0 Å². The van der Waals surface area contributed by atoms with E-state index in [0.717, 1.165) is 18.3 Å². The Labute approximate surface area is 72.6 Å². The molecule has 0 aromatic carbocycles. The van der Waals surface area contributed by atoms with Gasteiger partial charge in [0, 0.05) is 0 Å². The van der Waals surface area contributed by atoms with Crippen LogP contribution in [0.15, 0.2) is 0 Å². The monoisotopic (exact) mass is 254 g/mol. The SMILES string of the molecule is CC([CH2][Zn+])C(F)(F)F.[Br-]. The van der Waals surface area contributed by atoms with Crippen molar-refractivity contribution in [2.45, 2.75) is 18.1 Å². The normalized spacial score (nSPS) is 14.4. The van der Waals surface area contributed by atoms with Crippen LogP contribution >= 0.6 is 0 Å².